The maximum Gasteiger partial charge on any atom is 0.254 e. The van der Waals surface area contributed by atoms with Gasteiger partial charge in [-0.2, -0.15) is 0 Å². The average Bonchev–Trinajstić information content (AvgIpc) is 2.57. The molecule has 0 aliphatic carbocycles. The first-order chi connectivity index (χ1) is 12.5. The van der Waals surface area contributed by atoms with Crippen molar-refractivity contribution >= 4 is 5.91 Å². The lowest BCUT2D eigenvalue weighted by Crippen LogP contribution is -2.56. The molecule has 0 bridgehead atoms. The van der Waals surface area contributed by atoms with Crippen LogP contribution in [-0.2, 0) is 18.3 Å². The van der Waals surface area contributed by atoms with Crippen molar-refractivity contribution in [1.82, 2.24) is 9.47 Å². The summed E-state index contributed by atoms with van der Waals surface area (Å²) >= 11 is 0. The molecule has 6 heteroatoms. The van der Waals surface area contributed by atoms with Gasteiger partial charge in [-0.15, -0.1) is 0 Å². The van der Waals surface area contributed by atoms with Crippen LogP contribution in [0.2, 0.25) is 0 Å². The smallest absolute Gasteiger partial charge is 0.254 e. The maximum atomic E-state index is 12.3. The van der Waals surface area contributed by atoms with Crippen molar-refractivity contribution in [3.63, 3.8) is 0 Å². The summed E-state index contributed by atoms with van der Waals surface area (Å²) in [6, 6.07) is 10.9. The van der Waals surface area contributed by atoms with Gasteiger partial charge in [0.15, 0.2) is 0 Å². The molecule has 1 amide bonds. The summed E-state index contributed by atoms with van der Waals surface area (Å²) in [6.07, 6.45) is 0.301. The Morgan fingerprint density at radius 1 is 1.15 bits per heavy atom. The van der Waals surface area contributed by atoms with Crippen LogP contribution < -0.4 is 15.0 Å². The monoisotopic (exact) mass is 356 g/mol. The number of carbonyl (C=O) groups excluding carboxylic acids is 1. The number of nitrogens with zero attached hydrogens (tertiary/aromatic N) is 2. The van der Waals surface area contributed by atoms with Crippen LogP contribution in [0.4, 0.5) is 0 Å². The van der Waals surface area contributed by atoms with Crippen molar-refractivity contribution in [3.05, 3.63) is 58.0 Å². The number of hydrogen-bond donors (Lipinski definition) is 0. The molecule has 0 radical (unpaired) electrons. The van der Waals surface area contributed by atoms with Gasteiger partial charge in [0.25, 0.3) is 5.56 Å². The molecule has 0 spiro atoms. The molecule has 26 heavy (non-hydrogen) atoms. The molecule has 0 N–H and O–H groups in total. The molecule has 0 atom stereocenters. The van der Waals surface area contributed by atoms with E-state index < -0.39 is 0 Å². The van der Waals surface area contributed by atoms with E-state index in [1.165, 1.54) is 6.07 Å². The van der Waals surface area contributed by atoms with Crippen molar-refractivity contribution in [2.75, 3.05) is 19.7 Å². The quantitative estimate of drug-likeness (QED) is 0.793. The summed E-state index contributed by atoms with van der Waals surface area (Å²) in [7, 11) is 1.73. The van der Waals surface area contributed by atoms with Gasteiger partial charge < -0.3 is 18.9 Å². The van der Waals surface area contributed by atoms with Crippen LogP contribution in [0.3, 0.4) is 0 Å². The molecule has 1 aliphatic heterocycles. The number of ether oxygens (including phenoxy) is 2. The highest BCUT2D eigenvalue weighted by atomic mass is 16.5. The fourth-order valence-corrected chi connectivity index (χ4v) is 2.87. The number of amides is 1. The highest BCUT2D eigenvalue weighted by Crippen LogP contribution is 2.19. The van der Waals surface area contributed by atoms with Crippen molar-refractivity contribution in [1.29, 1.82) is 0 Å². The molecule has 1 fully saturated rings. The first-order valence-corrected chi connectivity index (χ1v) is 8.80. The third kappa shape index (κ3) is 4.07. The van der Waals surface area contributed by atoms with E-state index in [4.69, 9.17) is 9.47 Å². The van der Waals surface area contributed by atoms with Gasteiger partial charge in [-0.1, -0.05) is 12.1 Å². The second-order valence-electron chi connectivity index (χ2n) is 6.52. The van der Waals surface area contributed by atoms with Gasteiger partial charge in [-0.05, 0) is 37.6 Å². The van der Waals surface area contributed by atoms with Gasteiger partial charge in [0.1, 0.15) is 17.6 Å². The number of hydrogen-bond acceptors (Lipinski definition) is 4. The summed E-state index contributed by atoms with van der Waals surface area (Å²) in [5, 5.41) is 0. The molecule has 1 aliphatic rings. The fourth-order valence-electron chi connectivity index (χ4n) is 2.87. The normalized spacial score (nSPS) is 14.0. The van der Waals surface area contributed by atoms with Crippen molar-refractivity contribution in [3.8, 4) is 11.5 Å². The molecule has 0 saturated carbocycles. The van der Waals surface area contributed by atoms with Gasteiger partial charge in [-0.3, -0.25) is 9.59 Å². The van der Waals surface area contributed by atoms with Gasteiger partial charge in [0.2, 0.25) is 5.91 Å². The lowest BCUT2D eigenvalue weighted by molar-refractivity contribution is -0.139. The molecule has 6 nitrogen and oxygen atoms in total. The van der Waals surface area contributed by atoms with E-state index in [0.717, 1.165) is 17.0 Å². The van der Waals surface area contributed by atoms with Gasteiger partial charge in [0.05, 0.1) is 26.1 Å². The third-order valence-corrected chi connectivity index (χ3v) is 4.57. The Morgan fingerprint density at radius 2 is 1.85 bits per heavy atom. The highest BCUT2D eigenvalue weighted by Gasteiger charge is 2.32. The molecule has 3 rings (SSSR count). The van der Waals surface area contributed by atoms with Crippen molar-refractivity contribution in [2.24, 2.45) is 7.05 Å². The predicted molar refractivity (Wildman–Crippen MR) is 98.7 cm³/mol. The largest absolute Gasteiger partial charge is 0.494 e. The minimum Gasteiger partial charge on any atom is -0.494 e. The standard InChI is InChI=1S/C20H24N2O4/c1-4-25-16-7-5-15(6-8-16)10-20(24)22-12-18(13-22)26-17-9-14(2)21(3)19(23)11-17/h5-9,11,18H,4,10,12-13H2,1-3H3. The van der Waals surface area contributed by atoms with E-state index in [-0.39, 0.29) is 17.6 Å². The van der Waals surface area contributed by atoms with Gasteiger partial charge >= 0.3 is 0 Å². The van der Waals surface area contributed by atoms with Crippen LogP contribution in [0.15, 0.2) is 41.2 Å². The second-order valence-corrected chi connectivity index (χ2v) is 6.52. The van der Waals surface area contributed by atoms with E-state index in [1.54, 1.807) is 16.5 Å². The fraction of sp³-hybridized carbons (Fsp3) is 0.400. The van der Waals surface area contributed by atoms with Crippen LogP contribution in [0, 0.1) is 6.92 Å². The van der Waals surface area contributed by atoms with Crippen LogP contribution >= 0.6 is 0 Å². The predicted octanol–water partition coefficient (Wildman–Crippen LogP) is 1.92. The van der Waals surface area contributed by atoms with Gasteiger partial charge in [-0.25, -0.2) is 0 Å². The van der Waals surface area contributed by atoms with Gasteiger partial charge in [0, 0.05) is 18.8 Å². The summed E-state index contributed by atoms with van der Waals surface area (Å²) in [5.41, 5.74) is 1.71. The average molecular weight is 356 g/mol. The van der Waals surface area contributed by atoms with E-state index in [2.05, 4.69) is 0 Å². The minimum atomic E-state index is -0.0947. The highest BCUT2D eigenvalue weighted by molar-refractivity contribution is 5.79. The van der Waals surface area contributed by atoms with Crippen LogP contribution in [0.25, 0.3) is 0 Å². The van der Waals surface area contributed by atoms with E-state index in [1.807, 2.05) is 44.2 Å². The third-order valence-electron chi connectivity index (χ3n) is 4.57. The van der Waals surface area contributed by atoms with Crippen molar-refractivity contribution < 1.29 is 14.3 Å². The number of aromatic nitrogens is 1. The first-order valence-electron chi connectivity index (χ1n) is 8.80. The summed E-state index contributed by atoms with van der Waals surface area (Å²) in [5.74, 6) is 1.45. The van der Waals surface area contributed by atoms with E-state index in [0.29, 0.717) is 31.9 Å². The first kappa shape index (κ1) is 18.0. The number of likely N-dealkylation sites (tertiary alicyclic amines) is 1. The molecule has 1 aromatic carbocycles. The molecule has 2 aromatic rings. The Bertz CT molecular complexity index is 836. The molecular weight excluding hydrogens is 332 g/mol. The van der Waals surface area contributed by atoms with Crippen molar-refractivity contribution in [2.45, 2.75) is 26.4 Å². The van der Waals surface area contributed by atoms with Crippen LogP contribution in [0.1, 0.15) is 18.2 Å². The Kier molecular flexibility index (Phi) is 5.30. The number of benzene rings is 1. The molecule has 0 unspecified atom stereocenters. The van der Waals surface area contributed by atoms with Crippen LogP contribution in [-0.4, -0.2) is 41.2 Å². The zero-order valence-electron chi connectivity index (χ0n) is 15.4. The molecule has 1 saturated heterocycles. The minimum absolute atomic E-state index is 0.0641. The Morgan fingerprint density at radius 3 is 2.46 bits per heavy atom. The topological polar surface area (TPSA) is 60.8 Å². The number of pyridine rings is 1. The zero-order valence-corrected chi connectivity index (χ0v) is 15.4. The zero-order chi connectivity index (χ0) is 18.7. The van der Waals surface area contributed by atoms with E-state index >= 15 is 0 Å². The Labute approximate surface area is 153 Å². The van der Waals surface area contributed by atoms with E-state index in [9.17, 15) is 9.59 Å². The molecule has 2 heterocycles. The SMILES string of the molecule is CCOc1ccc(CC(=O)N2CC(Oc3cc(C)n(C)c(=O)c3)C2)cc1. The second kappa shape index (κ2) is 7.64. The lowest BCUT2D eigenvalue weighted by Gasteiger charge is -2.39. The Hall–Kier alpha value is -2.76. The lowest BCUT2D eigenvalue weighted by atomic mass is 10.1. The maximum absolute atomic E-state index is 12.3. The summed E-state index contributed by atoms with van der Waals surface area (Å²) in [6.45, 7) is 5.52. The number of rotatable bonds is 6. The summed E-state index contributed by atoms with van der Waals surface area (Å²) in [4.78, 5) is 25.9. The number of aryl methyl sites for hydroxylation is 1. The molecular formula is C20H24N2O4. The van der Waals surface area contributed by atoms with Crippen LogP contribution in [0.5, 0.6) is 11.5 Å². The summed E-state index contributed by atoms with van der Waals surface area (Å²) < 4.78 is 12.8. The Balaban J connectivity index is 1.50. The number of carbonyl (C=O) groups is 1. The molecule has 138 valence electrons. The molecule has 1 aromatic heterocycles.